The Balaban J connectivity index is 0.000000469. The highest BCUT2D eigenvalue weighted by atomic mass is 79.9. The number of hydrogen-bond donors (Lipinski definition) is 2. The van der Waals surface area contributed by atoms with Crippen molar-refractivity contribution >= 4 is 15.9 Å². The van der Waals surface area contributed by atoms with Gasteiger partial charge in [-0.3, -0.25) is 9.36 Å². The fourth-order valence-corrected chi connectivity index (χ4v) is 4.13. The van der Waals surface area contributed by atoms with Crippen LogP contribution in [-0.2, 0) is 18.8 Å². The Morgan fingerprint density at radius 3 is 2.29 bits per heavy atom. The zero-order valence-corrected chi connectivity index (χ0v) is 20.6. The van der Waals surface area contributed by atoms with Crippen molar-refractivity contribution in [2.75, 3.05) is 26.3 Å². The highest BCUT2D eigenvalue weighted by Crippen LogP contribution is 2.36. The summed E-state index contributed by atoms with van der Waals surface area (Å²) >= 11 is 3.32. The van der Waals surface area contributed by atoms with E-state index in [0.717, 1.165) is 35.4 Å². The molecule has 2 aromatic heterocycles. The first-order chi connectivity index (χ1) is 16.1. The molecule has 3 N–H and O–H groups in total. The number of aromatic hydroxyl groups is 1. The van der Waals surface area contributed by atoms with Gasteiger partial charge in [0.2, 0.25) is 0 Å². The summed E-state index contributed by atoms with van der Waals surface area (Å²) in [5, 5.41) is 25.6. The van der Waals surface area contributed by atoms with E-state index in [-0.39, 0.29) is 16.9 Å². The molecular weight excluding hydrogens is 510 g/mol. The van der Waals surface area contributed by atoms with E-state index in [0.29, 0.717) is 10.0 Å². The van der Waals surface area contributed by atoms with Crippen LogP contribution in [0.1, 0.15) is 28.4 Å². The number of aryl methyl sites for hydroxylation is 1. The summed E-state index contributed by atoms with van der Waals surface area (Å²) in [5.74, 6) is -2.31. The van der Waals surface area contributed by atoms with E-state index >= 15 is 0 Å². The largest absolute Gasteiger partial charge is 0.860 e. The molecule has 3 aromatic rings. The fraction of sp³-hybridized carbons (Fsp3) is 0.348. The van der Waals surface area contributed by atoms with Gasteiger partial charge in [0.15, 0.2) is 0 Å². The first-order valence-electron chi connectivity index (χ1n) is 10.6. The fourth-order valence-electron chi connectivity index (χ4n) is 3.71. The van der Waals surface area contributed by atoms with Crippen LogP contribution in [0.25, 0.3) is 0 Å². The molecule has 1 saturated heterocycles. The first-order valence-corrected chi connectivity index (χ1v) is 11.4. The maximum Gasteiger partial charge on any atom is 0.343 e. The van der Waals surface area contributed by atoms with Crippen LogP contribution in [0.5, 0.6) is 11.6 Å². The van der Waals surface area contributed by atoms with Crippen molar-refractivity contribution in [3.05, 3.63) is 88.5 Å². The Morgan fingerprint density at radius 2 is 1.76 bits per heavy atom. The quantitative estimate of drug-likeness (QED) is 0.466. The molecule has 0 amide bonds. The molecule has 0 bridgehead atoms. The molecule has 11 heteroatoms. The molecule has 0 radical (unpaired) electrons. The van der Waals surface area contributed by atoms with Gasteiger partial charge < -0.3 is 29.3 Å². The number of rotatable bonds is 3. The molecule has 1 atom stereocenters. The second-order valence-corrected chi connectivity index (χ2v) is 8.75. The van der Waals surface area contributed by atoms with Crippen molar-refractivity contribution in [2.45, 2.75) is 12.8 Å². The molecular formula is C23H26BrN3O7. The Morgan fingerprint density at radius 1 is 1.09 bits per heavy atom. The van der Waals surface area contributed by atoms with Gasteiger partial charge in [-0.15, -0.1) is 0 Å². The van der Waals surface area contributed by atoms with Crippen LogP contribution in [0.15, 0.2) is 53.6 Å². The summed E-state index contributed by atoms with van der Waals surface area (Å²) in [6.07, 6.45) is 0. The highest BCUT2D eigenvalue weighted by molar-refractivity contribution is 9.10. The predicted octanol–water partition coefficient (Wildman–Crippen LogP) is -0.352. The van der Waals surface area contributed by atoms with E-state index in [2.05, 4.69) is 21.2 Å². The zero-order valence-electron chi connectivity index (χ0n) is 19.0. The van der Waals surface area contributed by atoms with Gasteiger partial charge in [0.1, 0.15) is 11.5 Å². The zero-order chi connectivity index (χ0) is 25.0. The average Bonchev–Trinajstić information content (AvgIpc) is 2.81. The molecule has 0 spiro atoms. The van der Waals surface area contributed by atoms with Gasteiger partial charge in [0.25, 0.3) is 5.56 Å². The minimum Gasteiger partial charge on any atom is -0.860 e. The van der Waals surface area contributed by atoms with Crippen molar-refractivity contribution in [1.82, 2.24) is 9.13 Å². The van der Waals surface area contributed by atoms with Crippen molar-refractivity contribution in [3.8, 4) is 11.6 Å². The number of hydrogen-bond acceptors (Lipinski definition) is 7. The summed E-state index contributed by atoms with van der Waals surface area (Å²) in [6, 6.07) is 7.86. The Hall–Kier alpha value is -3.15. The maximum absolute atomic E-state index is 12.8. The second-order valence-electron chi connectivity index (χ2n) is 7.83. The van der Waals surface area contributed by atoms with Crippen LogP contribution >= 0.6 is 15.9 Å². The van der Waals surface area contributed by atoms with Crippen molar-refractivity contribution < 1.29 is 24.7 Å². The Labute approximate surface area is 203 Å². The SMILES string of the molecule is C1COCC[NH2+]1.Cc1cc(O)c(C(c2cccc(Br)c2)c2c([O-])n(C)c(=O)n(C)c2=O)c(=O)o1. The number of aromatic nitrogens is 2. The van der Waals surface area contributed by atoms with E-state index in [1.807, 2.05) is 0 Å². The topological polar surface area (TPSA) is 143 Å². The lowest BCUT2D eigenvalue weighted by Crippen LogP contribution is -2.87. The van der Waals surface area contributed by atoms with Gasteiger partial charge in [-0.1, -0.05) is 28.1 Å². The summed E-state index contributed by atoms with van der Waals surface area (Å²) in [6.45, 7) is 5.68. The number of nitrogens with two attached hydrogens (primary N) is 1. The molecule has 1 fully saturated rings. The summed E-state index contributed by atoms with van der Waals surface area (Å²) < 4.78 is 12.4. The number of quaternary nitrogens is 1. The molecule has 4 rings (SSSR count). The van der Waals surface area contributed by atoms with Crippen LogP contribution in [0, 0.1) is 6.92 Å². The van der Waals surface area contributed by atoms with Gasteiger partial charge >= 0.3 is 11.3 Å². The van der Waals surface area contributed by atoms with Crippen molar-refractivity contribution in [2.24, 2.45) is 14.1 Å². The molecule has 182 valence electrons. The van der Waals surface area contributed by atoms with Crippen LogP contribution in [-0.4, -0.2) is 40.5 Å². The first kappa shape index (κ1) is 25.5. The monoisotopic (exact) mass is 535 g/mol. The van der Waals surface area contributed by atoms with Gasteiger partial charge in [-0.05, 0) is 30.5 Å². The molecule has 0 saturated carbocycles. The van der Waals surface area contributed by atoms with Crippen LogP contribution in [0.2, 0.25) is 0 Å². The summed E-state index contributed by atoms with van der Waals surface area (Å²) in [4.78, 5) is 37.5. The second kappa shape index (κ2) is 10.9. The highest BCUT2D eigenvalue weighted by Gasteiger charge is 2.29. The van der Waals surface area contributed by atoms with Gasteiger partial charge in [-0.25, -0.2) is 9.59 Å². The summed E-state index contributed by atoms with van der Waals surface area (Å²) in [7, 11) is 2.48. The van der Waals surface area contributed by atoms with Crippen molar-refractivity contribution in [1.29, 1.82) is 0 Å². The van der Waals surface area contributed by atoms with Crippen LogP contribution in [0.3, 0.4) is 0 Å². The van der Waals surface area contributed by atoms with E-state index < -0.39 is 34.4 Å². The number of ether oxygens (including phenoxy) is 1. The lowest BCUT2D eigenvalue weighted by Gasteiger charge is -2.25. The average molecular weight is 536 g/mol. The minimum atomic E-state index is -1.23. The molecule has 3 heterocycles. The molecule has 1 aromatic carbocycles. The third-order valence-electron chi connectivity index (χ3n) is 5.43. The molecule has 1 aliphatic rings. The summed E-state index contributed by atoms with van der Waals surface area (Å²) in [5.41, 5.74) is -2.71. The number of morpholine rings is 1. The molecule has 1 aliphatic heterocycles. The predicted molar refractivity (Wildman–Crippen MR) is 125 cm³/mol. The van der Waals surface area contributed by atoms with Gasteiger partial charge in [0, 0.05) is 30.2 Å². The standard InChI is InChI=1S/C19H17BrN2O6.C4H9NO/c1-9-7-12(23)14(18(26)28-9)13(10-5-4-6-11(20)8-10)15-16(24)21(2)19(27)22(3)17(15)25;1-3-6-4-2-5-1/h4-8,13,23-24H,1-3H3;5H,1-4H2. The van der Waals surface area contributed by atoms with Gasteiger partial charge in [0.05, 0.1) is 37.8 Å². The molecule has 10 nitrogen and oxygen atoms in total. The number of benzene rings is 1. The molecule has 34 heavy (non-hydrogen) atoms. The van der Waals surface area contributed by atoms with Crippen LogP contribution in [0.4, 0.5) is 0 Å². The number of nitrogens with zero attached hydrogens (tertiary/aromatic N) is 2. The third kappa shape index (κ3) is 5.32. The molecule has 1 unspecified atom stereocenters. The normalized spacial score (nSPS) is 14.2. The van der Waals surface area contributed by atoms with E-state index in [9.17, 15) is 24.6 Å². The third-order valence-corrected chi connectivity index (χ3v) is 5.92. The smallest absolute Gasteiger partial charge is 0.343 e. The van der Waals surface area contributed by atoms with Crippen LogP contribution < -0.4 is 27.3 Å². The van der Waals surface area contributed by atoms with Gasteiger partial charge in [-0.2, -0.15) is 0 Å². The Bertz CT molecular complexity index is 1340. The lowest BCUT2D eigenvalue weighted by molar-refractivity contribution is -0.670. The molecule has 0 aliphatic carbocycles. The minimum absolute atomic E-state index is 0.176. The Kier molecular flexibility index (Phi) is 8.13. The van der Waals surface area contributed by atoms with E-state index in [1.54, 1.807) is 24.3 Å². The van der Waals surface area contributed by atoms with Crippen molar-refractivity contribution in [3.63, 3.8) is 0 Å². The van der Waals surface area contributed by atoms with E-state index in [1.165, 1.54) is 27.1 Å². The van der Waals surface area contributed by atoms with E-state index in [4.69, 9.17) is 9.15 Å². The number of halogens is 1. The maximum atomic E-state index is 12.8. The lowest BCUT2D eigenvalue weighted by atomic mass is 9.86.